The zero-order valence-corrected chi connectivity index (χ0v) is 15.7. The molecular weight excluding hydrogens is 360 g/mol. The van der Waals surface area contributed by atoms with Crippen molar-refractivity contribution in [2.75, 3.05) is 18.6 Å². The second kappa shape index (κ2) is 6.76. The molecular formula is C17H20N2O4S2. The molecule has 0 saturated carbocycles. The largest absolute Gasteiger partial charge is 0.497 e. The van der Waals surface area contributed by atoms with E-state index in [1.165, 1.54) is 11.3 Å². The Morgan fingerprint density at radius 2 is 2.24 bits per heavy atom. The number of thiazole rings is 1. The Kier molecular flexibility index (Phi) is 4.83. The third kappa shape index (κ3) is 4.38. The summed E-state index contributed by atoms with van der Waals surface area (Å²) in [6.07, 6.45) is 0.587. The summed E-state index contributed by atoms with van der Waals surface area (Å²) in [6.45, 7) is 1.78. The summed E-state index contributed by atoms with van der Waals surface area (Å²) < 4.78 is 28.5. The lowest BCUT2D eigenvalue weighted by molar-refractivity contribution is -0.121. The molecule has 1 aromatic carbocycles. The molecule has 1 aliphatic heterocycles. The minimum Gasteiger partial charge on any atom is -0.497 e. The maximum Gasteiger partial charge on any atom is 0.226 e. The minimum absolute atomic E-state index is 0.00212. The number of carbonyl (C=O) groups excluding carboxylic acids is 1. The summed E-state index contributed by atoms with van der Waals surface area (Å²) >= 11 is 1.46. The van der Waals surface area contributed by atoms with Crippen molar-refractivity contribution >= 4 is 27.1 Å². The summed E-state index contributed by atoms with van der Waals surface area (Å²) in [6, 6.07) is 7.59. The van der Waals surface area contributed by atoms with E-state index in [1.54, 1.807) is 14.0 Å². The van der Waals surface area contributed by atoms with E-state index < -0.39 is 15.4 Å². The molecule has 25 heavy (non-hydrogen) atoms. The molecule has 1 amide bonds. The fourth-order valence-corrected chi connectivity index (χ4v) is 5.84. The number of nitrogens with zero attached hydrogens (tertiary/aromatic N) is 1. The lowest BCUT2D eigenvalue weighted by Crippen LogP contribution is -2.47. The van der Waals surface area contributed by atoms with Crippen LogP contribution in [-0.4, -0.2) is 43.5 Å². The Morgan fingerprint density at radius 3 is 2.92 bits per heavy atom. The van der Waals surface area contributed by atoms with Crippen LogP contribution in [0.2, 0.25) is 0 Å². The third-order valence-electron chi connectivity index (χ3n) is 4.15. The first kappa shape index (κ1) is 17.9. The van der Waals surface area contributed by atoms with Gasteiger partial charge in [-0.25, -0.2) is 13.4 Å². The first-order chi connectivity index (χ1) is 11.8. The molecule has 1 saturated heterocycles. The van der Waals surface area contributed by atoms with Crippen molar-refractivity contribution in [3.8, 4) is 16.3 Å². The fourth-order valence-electron chi connectivity index (χ4n) is 2.93. The highest BCUT2D eigenvalue weighted by atomic mass is 32.2. The molecule has 0 radical (unpaired) electrons. The molecule has 1 atom stereocenters. The molecule has 3 rings (SSSR count). The van der Waals surface area contributed by atoms with Crippen LogP contribution in [0.4, 0.5) is 0 Å². The molecule has 134 valence electrons. The topological polar surface area (TPSA) is 85.4 Å². The van der Waals surface area contributed by atoms with Gasteiger partial charge in [0.05, 0.1) is 36.3 Å². The van der Waals surface area contributed by atoms with Gasteiger partial charge in [0.1, 0.15) is 10.8 Å². The number of carbonyl (C=O) groups is 1. The van der Waals surface area contributed by atoms with Crippen LogP contribution in [0, 0.1) is 0 Å². The lowest BCUT2D eigenvalue weighted by Gasteiger charge is -2.23. The SMILES string of the molecule is COc1cccc(-c2nc(CC(=O)N[C@]3(C)CCS(=O)(=O)C3)cs2)c1. The maximum atomic E-state index is 12.3. The van der Waals surface area contributed by atoms with Gasteiger partial charge in [0.2, 0.25) is 5.91 Å². The summed E-state index contributed by atoms with van der Waals surface area (Å²) in [4.78, 5) is 16.8. The first-order valence-corrected chi connectivity index (χ1v) is 10.6. The monoisotopic (exact) mass is 380 g/mol. The van der Waals surface area contributed by atoms with Crippen LogP contribution in [0.5, 0.6) is 5.75 Å². The molecule has 2 heterocycles. The molecule has 6 nitrogen and oxygen atoms in total. The van der Waals surface area contributed by atoms with Crippen molar-refractivity contribution in [3.05, 3.63) is 35.3 Å². The van der Waals surface area contributed by atoms with Crippen molar-refractivity contribution in [2.45, 2.75) is 25.3 Å². The van der Waals surface area contributed by atoms with Gasteiger partial charge in [-0.05, 0) is 25.5 Å². The van der Waals surface area contributed by atoms with Crippen LogP contribution in [0.1, 0.15) is 19.0 Å². The van der Waals surface area contributed by atoms with E-state index in [1.807, 2.05) is 29.6 Å². The van der Waals surface area contributed by atoms with E-state index in [2.05, 4.69) is 10.3 Å². The molecule has 0 bridgehead atoms. The van der Waals surface area contributed by atoms with Crippen LogP contribution in [-0.2, 0) is 21.1 Å². The number of benzene rings is 1. The van der Waals surface area contributed by atoms with E-state index in [4.69, 9.17) is 4.74 Å². The van der Waals surface area contributed by atoms with Crippen LogP contribution in [0.25, 0.3) is 10.6 Å². The summed E-state index contributed by atoms with van der Waals surface area (Å²) in [5.74, 6) is 0.669. The zero-order valence-electron chi connectivity index (χ0n) is 14.1. The summed E-state index contributed by atoms with van der Waals surface area (Å²) in [7, 11) is -1.44. The number of methoxy groups -OCH3 is 1. The number of aromatic nitrogens is 1. The van der Waals surface area contributed by atoms with Gasteiger partial charge in [-0.3, -0.25) is 4.79 Å². The number of rotatable bonds is 5. The Hall–Kier alpha value is -1.93. The van der Waals surface area contributed by atoms with Crippen molar-refractivity contribution < 1.29 is 17.9 Å². The molecule has 0 unspecified atom stereocenters. The number of sulfone groups is 1. The van der Waals surface area contributed by atoms with Gasteiger partial charge in [0.25, 0.3) is 0 Å². The number of amides is 1. The fraction of sp³-hybridized carbons (Fsp3) is 0.412. The molecule has 1 aromatic heterocycles. The van der Waals surface area contributed by atoms with Gasteiger partial charge in [0.15, 0.2) is 9.84 Å². The van der Waals surface area contributed by atoms with Gasteiger partial charge < -0.3 is 10.1 Å². The standard InChI is InChI=1S/C17H20N2O4S2/c1-17(6-7-25(21,22)11-17)19-15(20)9-13-10-24-16(18-13)12-4-3-5-14(8-12)23-2/h3-5,8,10H,6-7,9,11H2,1-2H3,(H,19,20)/t17-/m1/s1. The van der Waals surface area contributed by atoms with Crippen molar-refractivity contribution in [2.24, 2.45) is 0 Å². The maximum absolute atomic E-state index is 12.3. The summed E-state index contributed by atoms with van der Waals surface area (Å²) in [5.41, 5.74) is 0.927. The van der Waals surface area contributed by atoms with Crippen molar-refractivity contribution in [1.29, 1.82) is 0 Å². The van der Waals surface area contributed by atoms with E-state index in [0.717, 1.165) is 16.3 Å². The smallest absolute Gasteiger partial charge is 0.226 e. The number of hydrogen-bond acceptors (Lipinski definition) is 6. The quantitative estimate of drug-likeness (QED) is 0.858. The van der Waals surface area contributed by atoms with Gasteiger partial charge in [0, 0.05) is 10.9 Å². The van der Waals surface area contributed by atoms with E-state index in [9.17, 15) is 13.2 Å². The normalized spacial score (nSPS) is 21.8. The van der Waals surface area contributed by atoms with Crippen LogP contribution in [0.3, 0.4) is 0 Å². The minimum atomic E-state index is -3.05. The van der Waals surface area contributed by atoms with E-state index in [-0.39, 0.29) is 23.8 Å². The second-order valence-corrected chi connectivity index (χ2v) is 9.55. The molecule has 0 aliphatic carbocycles. The van der Waals surface area contributed by atoms with Crippen LogP contribution >= 0.6 is 11.3 Å². The highest BCUT2D eigenvalue weighted by molar-refractivity contribution is 7.91. The highest BCUT2D eigenvalue weighted by Gasteiger charge is 2.39. The number of nitrogens with one attached hydrogen (secondary N) is 1. The molecule has 1 aliphatic rings. The Labute approximate surface area is 151 Å². The highest BCUT2D eigenvalue weighted by Crippen LogP contribution is 2.27. The van der Waals surface area contributed by atoms with E-state index in [0.29, 0.717) is 12.1 Å². The second-order valence-electron chi connectivity index (χ2n) is 6.50. The molecule has 8 heteroatoms. The van der Waals surface area contributed by atoms with Crippen LogP contribution < -0.4 is 10.1 Å². The lowest BCUT2D eigenvalue weighted by atomic mass is 10.0. The van der Waals surface area contributed by atoms with E-state index >= 15 is 0 Å². The Balaban J connectivity index is 1.66. The van der Waals surface area contributed by atoms with Crippen LogP contribution in [0.15, 0.2) is 29.6 Å². The molecule has 1 fully saturated rings. The number of ether oxygens (including phenoxy) is 1. The Morgan fingerprint density at radius 1 is 1.44 bits per heavy atom. The zero-order chi connectivity index (χ0) is 18.1. The average molecular weight is 380 g/mol. The average Bonchev–Trinajstić information content (AvgIpc) is 3.11. The third-order valence-corrected chi connectivity index (χ3v) is 7.00. The molecule has 0 spiro atoms. The predicted molar refractivity (Wildman–Crippen MR) is 97.6 cm³/mol. The van der Waals surface area contributed by atoms with Crippen molar-refractivity contribution in [1.82, 2.24) is 10.3 Å². The summed E-state index contributed by atoms with van der Waals surface area (Å²) in [5, 5.41) is 5.52. The van der Waals surface area contributed by atoms with Gasteiger partial charge in [-0.15, -0.1) is 11.3 Å². The number of hydrogen-bond donors (Lipinski definition) is 1. The molecule has 2 aromatic rings. The molecule has 1 N–H and O–H groups in total. The Bertz CT molecular complexity index is 892. The van der Waals surface area contributed by atoms with Gasteiger partial charge >= 0.3 is 0 Å². The van der Waals surface area contributed by atoms with Gasteiger partial charge in [-0.1, -0.05) is 12.1 Å². The van der Waals surface area contributed by atoms with Gasteiger partial charge in [-0.2, -0.15) is 0 Å². The van der Waals surface area contributed by atoms with Crippen molar-refractivity contribution in [3.63, 3.8) is 0 Å². The predicted octanol–water partition coefficient (Wildman–Crippen LogP) is 2.05. The first-order valence-electron chi connectivity index (χ1n) is 7.89.